The van der Waals surface area contributed by atoms with Crippen molar-refractivity contribution in [2.75, 3.05) is 33.0 Å². The Morgan fingerprint density at radius 1 is 1.03 bits per heavy atom. The standard InChI is InChI=1S/C22H31N3O3S.HI/c1-5-23-22(25-15-13-19-7-6-17(2)21(16-19)28-3)24-14-12-18-8-10-20(11-9-18)29(4,26)27;/h6-11,16H,5,12-15H2,1-4H3,(H2,23,24,25);1H. The van der Waals surface area contributed by atoms with Crippen LogP contribution in [0.1, 0.15) is 23.6 Å². The van der Waals surface area contributed by atoms with Gasteiger partial charge in [0.2, 0.25) is 0 Å². The van der Waals surface area contributed by atoms with E-state index in [4.69, 9.17) is 4.74 Å². The molecule has 0 saturated carbocycles. The maximum atomic E-state index is 11.5. The van der Waals surface area contributed by atoms with Crippen molar-refractivity contribution in [3.05, 3.63) is 59.2 Å². The highest BCUT2D eigenvalue weighted by Crippen LogP contribution is 2.19. The van der Waals surface area contributed by atoms with Crippen LogP contribution in [-0.2, 0) is 22.7 Å². The second-order valence-corrected chi connectivity index (χ2v) is 8.92. The molecule has 8 heteroatoms. The van der Waals surface area contributed by atoms with E-state index in [1.165, 1.54) is 11.8 Å². The summed E-state index contributed by atoms with van der Waals surface area (Å²) in [6, 6.07) is 13.2. The molecule has 0 aromatic heterocycles. The minimum Gasteiger partial charge on any atom is -0.496 e. The second kappa shape index (κ2) is 12.8. The van der Waals surface area contributed by atoms with E-state index in [9.17, 15) is 8.42 Å². The van der Waals surface area contributed by atoms with Gasteiger partial charge in [-0.1, -0.05) is 24.3 Å². The zero-order valence-electron chi connectivity index (χ0n) is 18.1. The number of aliphatic imine (C=N–C) groups is 1. The Labute approximate surface area is 197 Å². The van der Waals surface area contributed by atoms with Crippen LogP contribution in [0.2, 0.25) is 0 Å². The van der Waals surface area contributed by atoms with Crippen molar-refractivity contribution in [3.8, 4) is 5.75 Å². The number of guanidine groups is 1. The van der Waals surface area contributed by atoms with Gasteiger partial charge in [0.1, 0.15) is 5.75 Å². The van der Waals surface area contributed by atoms with Crippen molar-refractivity contribution >= 4 is 39.8 Å². The van der Waals surface area contributed by atoms with Gasteiger partial charge in [-0.2, -0.15) is 0 Å². The highest BCUT2D eigenvalue weighted by atomic mass is 127. The van der Waals surface area contributed by atoms with Crippen molar-refractivity contribution in [2.45, 2.75) is 31.6 Å². The number of nitrogens with zero attached hydrogens (tertiary/aromatic N) is 1. The van der Waals surface area contributed by atoms with Crippen LogP contribution in [0.4, 0.5) is 0 Å². The number of ether oxygens (including phenoxy) is 1. The molecule has 0 saturated heterocycles. The molecule has 0 radical (unpaired) electrons. The van der Waals surface area contributed by atoms with E-state index in [1.807, 2.05) is 26.0 Å². The van der Waals surface area contributed by atoms with Gasteiger partial charge in [-0.15, -0.1) is 24.0 Å². The lowest BCUT2D eigenvalue weighted by atomic mass is 10.1. The molecular formula is C22H32IN3O3S. The van der Waals surface area contributed by atoms with Gasteiger partial charge in [0, 0.05) is 25.9 Å². The largest absolute Gasteiger partial charge is 0.496 e. The van der Waals surface area contributed by atoms with Crippen LogP contribution in [0, 0.1) is 6.92 Å². The minimum absolute atomic E-state index is 0. The number of rotatable bonds is 9. The lowest BCUT2D eigenvalue weighted by Crippen LogP contribution is -2.38. The van der Waals surface area contributed by atoms with Gasteiger partial charge in [-0.25, -0.2) is 8.42 Å². The molecule has 6 nitrogen and oxygen atoms in total. The summed E-state index contributed by atoms with van der Waals surface area (Å²) in [5, 5.41) is 6.61. The number of nitrogens with one attached hydrogen (secondary N) is 2. The SMILES string of the molecule is CCNC(=NCCc1ccc(S(C)(=O)=O)cc1)NCCc1ccc(C)c(OC)c1.I. The molecule has 0 unspecified atom stereocenters. The molecule has 0 spiro atoms. The molecule has 2 aromatic carbocycles. The average Bonchev–Trinajstić information content (AvgIpc) is 2.69. The molecule has 0 bridgehead atoms. The Kier molecular flexibility index (Phi) is 11.2. The predicted octanol–water partition coefficient (Wildman–Crippen LogP) is 3.37. The van der Waals surface area contributed by atoms with Crippen molar-refractivity contribution in [3.63, 3.8) is 0 Å². The third kappa shape index (κ3) is 8.51. The zero-order chi connectivity index (χ0) is 21.3. The van der Waals surface area contributed by atoms with Crippen molar-refractivity contribution in [1.82, 2.24) is 10.6 Å². The Balaban J connectivity index is 0.00000450. The van der Waals surface area contributed by atoms with E-state index in [2.05, 4.69) is 33.8 Å². The third-order valence-electron chi connectivity index (χ3n) is 4.54. The summed E-state index contributed by atoms with van der Waals surface area (Å²) < 4.78 is 28.4. The molecule has 166 valence electrons. The van der Waals surface area contributed by atoms with Crippen LogP contribution >= 0.6 is 24.0 Å². The fourth-order valence-electron chi connectivity index (χ4n) is 2.89. The number of halogens is 1. The van der Waals surface area contributed by atoms with E-state index in [1.54, 1.807) is 19.2 Å². The van der Waals surface area contributed by atoms with Crippen LogP contribution in [0.15, 0.2) is 52.4 Å². The van der Waals surface area contributed by atoms with Gasteiger partial charge in [0.05, 0.1) is 12.0 Å². The first kappa shape index (κ1) is 26.2. The number of sulfone groups is 1. The van der Waals surface area contributed by atoms with E-state index in [0.29, 0.717) is 11.4 Å². The number of hydrogen-bond donors (Lipinski definition) is 2. The van der Waals surface area contributed by atoms with E-state index in [0.717, 1.165) is 48.8 Å². The Morgan fingerprint density at radius 2 is 1.70 bits per heavy atom. The molecule has 0 aliphatic heterocycles. The van der Waals surface area contributed by atoms with Crippen LogP contribution in [0.3, 0.4) is 0 Å². The Morgan fingerprint density at radius 3 is 2.30 bits per heavy atom. The lowest BCUT2D eigenvalue weighted by molar-refractivity contribution is 0.411. The molecule has 0 fully saturated rings. The van der Waals surface area contributed by atoms with Gasteiger partial charge in [-0.05, 0) is 61.6 Å². The normalized spacial score (nSPS) is 11.5. The number of aryl methyl sites for hydroxylation is 1. The van der Waals surface area contributed by atoms with E-state index >= 15 is 0 Å². The smallest absolute Gasteiger partial charge is 0.191 e. The summed E-state index contributed by atoms with van der Waals surface area (Å²) >= 11 is 0. The van der Waals surface area contributed by atoms with Gasteiger partial charge >= 0.3 is 0 Å². The molecule has 2 aromatic rings. The van der Waals surface area contributed by atoms with E-state index < -0.39 is 9.84 Å². The topological polar surface area (TPSA) is 79.8 Å². The average molecular weight is 545 g/mol. The number of benzene rings is 2. The third-order valence-corrected chi connectivity index (χ3v) is 5.67. The first-order valence-corrected chi connectivity index (χ1v) is 11.7. The van der Waals surface area contributed by atoms with Crippen LogP contribution in [0.5, 0.6) is 5.75 Å². The van der Waals surface area contributed by atoms with E-state index in [-0.39, 0.29) is 24.0 Å². The molecule has 0 heterocycles. The maximum absolute atomic E-state index is 11.5. The van der Waals surface area contributed by atoms with Crippen LogP contribution < -0.4 is 15.4 Å². The van der Waals surface area contributed by atoms with Crippen molar-refractivity contribution < 1.29 is 13.2 Å². The second-order valence-electron chi connectivity index (χ2n) is 6.91. The number of methoxy groups -OCH3 is 1. The van der Waals surface area contributed by atoms with Gasteiger partial charge < -0.3 is 15.4 Å². The molecule has 0 amide bonds. The summed E-state index contributed by atoms with van der Waals surface area (Å²) in [6.45, 7) is 6.23. The molecule has 2 N–H and O–H groups in total. The number of hydrogen-bond acceptors (Lipinski definition) is 4. The highest BCUT2D eigenvalue weighted by molar-refractivity contribution is 14.0. The summed E-state index contributed by atoms with van der Waals surface area (Å²) in [6.07, 6.45) is 2.83. The summed E-state index contributed by atoms with van der Waals surface area (Å²) in [5.74, 6) is 1.68. The molecular weight excluding hydrogens is 513 g/mol. The Bertz CT molecular complexity index is 929. The van der Waals surface area contributed by atoms with Gasteiger partial charge in [-0.3, -0.25) is 4.99 Å². The monoisotopic (exact) mass is 545 g/mol. The fraction of sp³-hybridized carbons (Fsp3) is 0.409. The molecule has 0 aliphatic rings. The summed E-state index contributed by atoms with van der Waals surface area (Å²) in [4.78, 5) is 4.95. The zero-order valence-corrected chi connectivity index (χ0v) is 21.2. The molecule has 30 heavy (non-hydrogen) atoms. The summed E-state index contributed by atoms with van der Waals surface area (Å²) in [5.41, 5.74) is 3.40. The molecule has 2 rings (SSSR count). The van der Waals surface area contributed by atoms with Gasteiger partial charge in [0.25, 0.3) is 0 Å². The van der Waals surface area contributed by atoms with Crippen LogP contribution in [0.25, 0.3) is 0 Å². The maximum Gasteiger partial charge on any atom is 0.191 e. The quantitative estimate of drug-likeness (QED) is 0.287. The minimum atomic E-state index is -3.16. The Hall–Kier alpha value is -1.81. The van der Waals surface area contributed by atoms with Crippen molar-refractivity contribution in [2.24, 2.45) is 4.99 Å². The van der Waals surface area contributed by atoms with Gasteiger partial charge in [0.15, 0.2) is 15.8 Å². The lowest BCUT2D eigenvalue weighted by Gasteiger charge is -2.12. The van der Waals surface area contributed by atoms with Crippen LogP contribution in [-0.4, -0.2) is 47.4 Å². The summed E-state index contributed by atoms with van der Waals surface area (Å²) in [7, 11) is -1.47. The van der Waals surface area contributed by atoms with Crippen molar-refractivity contribution in [1.29, 1.82) is 0 Å². The fourth-order valence-corrected chi connectivity index (χ4v) is 3.52. The molecule has 0 atom stereocenters. The first-order valence-electron chi connectivity index (χ1n) is 9.78. The highest BCUT2D eigenvalue weighted by Gasteiger charge is 2.06. The molecule has 0 aliphatic carbocycles. The first-order chi connectivity index (χ1) is 13.8. The predicted molar refractivity (Wildman–Crippen MR) is 134 cm³/mol.